The van der Waals surface area contributed by atoms with Gasteiger partial charge in [-0.25, -0.2) is 5.84 Å². The molecule has 0 spiro atoms. The van der Waals surface area contributed by atoms with Crippen LogP contribution in [0.1, 0.15) is 12.8 Å². The van der Waals surface area contributed by atoms with Gasteiger partial charge in [-0.15, -0.1) is 0 Å². The van der Waals surface area contributed by atoms with Crippen LogP contribution in [0.4, 0.5) is 0 Å². The number of hydrogen-bond acceptors (Lipinski definition) is 4. The van der Waals surface area contributed by atoms with Crippen molar-refractivity contribution in [1.29, 1.82) is 0 Å². The summed E-state index contributed by atoms with van der Waals surface area (Å²) in [6.07, 6.45) is 1.27. The van der Waals surface area contributed by atoms with Gasteiger partial charge in [0.25, 0.3) is 5.91 Å². The quantitative estimate of drug-likeness (QED) is 0.339. The summed E-state index contributed by atoms with van der Waals surface area (Å²) in [5.41, 5.74) is 2.16. The van der Waals surface area contributed by atoms with Gasteiger partial charge in [-0.1, -0.05) is 6.07 Å². The van der Waals surface area contributed by atoms with Crippen LogP contribution in [-0.4, -0.2) is 36.4 Å². The molecule has 0 atom stereocenters. The zero-order chi connectivity index (χ0) is 15.2. The van der Waals surface area contributed by atoms with Gasteiger partial charge in [-0.05, 0) is 53.6 Å². The number of carbonyl (C=O) groups is 2. The molecule has 114 valence electrons. The third-order valence-electron chi connectivity index (χ3n) is 3.52. The van der Waals surface area contributed by atoms with Gasteiger partial charge in [0.05, 0.1) is 0 Å². The van der Waals surface area contributed by atoms with E-state index in [1.807, 2.05) is 24.3 Å². The van der Waals surface area contributed by atoms with E-state index in [9.17, 15) is 9.59 Å². The maximum Gasteiger partial charge on any atom is 0.260 e. The van der Waals surface area contributed by atoms with Crippen molar-refractivity contribution in [2.24, 2.45) is 11.8 Å². The number of halogens is 1. The minimum atomic E-state index is -0.155. The van der Waals surface area contributed by atoms with Crippen LogP contribution < -0.4 is 16.0 Å². The molecule has 7 heteroatoms. The molecule has 0 unspecified atom stereocenters. The first-order chi connectivity index (χ1) is 10.1. The van der Waals surface area contributed by atoms with Gasteiger partial charge in [0.2, 0.25) is 5.91 Å². The van der Waals surface area contributed by atoms with E-state index >= 15 is 0 Å². The van der Waals surface area contributed by atoms with Crippen molar-refractivity contribution in [2.75, 3.05) is 19.7 Å². The van der Waals surface area contributed by atoms with Crippen molar-refractivity contribution in [3.8, 4) is 5.75 Å². The average molecular weight is 403 g/mol. The molecule has 0 saturated carbocycles. The van der Waals surface area contributed by atoms with Crippen LogP contribution in [0.3, 0.4) is 0 Å². The number of ether oxygens (including phenoxy) is 1. The summed E-state index contributed by atoms with van der Waals surface area (Å²) in [6, 6.07) is 7.56. The van der Waals surface area contributed by atoms with Gasteiger partial charge in [-0.3, -0.25) is 15.0 Å². The van der Waals surface area contributed by atoms with E-state index in [2.05, 4.69) is 28.0 Å². The predicted octanol–water partition coefficient (Wildman–Crippen LogP) is 0.899. The van der Waals surface area contributed by atoms with Crippen LogP contribution in [-0.2, 0) is 9.59 Å². The van der Waals surface area contributed by atoms with Crippen molar-refractivity contribution in [2.45, 2.75) is 12.8 Å². The zero-order valence-electron chi connectivity index (χ0n) is 11.5. The first kappa shape index (κ1) is 16.0. The van der Waals surface area contributed by atoms with E-state index in [0.29, 0.717) is 31.7 Å². The van der Waals surface area contributed by atoms with E-state index in [4.69, 9.17) is 10.6 Å². The van der Waals surface area contributed by atoms with Crippen LogP contribution in [0, 0.1) is 9.49 Å². The summed E-state index contributed by atoms with van der Waals surface area (Å²) in [5.74, 6) is 5.50. The Hall–Kier alpha value is -1.35. The number of nitrogens with two attached hydrogens (primary N) is 1. The van der Waals surface area contributed by atoms with Crippen molar-refractivity contribution >= 4 is 34.4 Å². The smallest absolute Gasteiger partial charge is 0.260 e. The van der Waals surface area contributed by atoms with Crippen molar-refractivity contribution in [1.82, 2.24) is 10.3 Å². The topological polar surface area (TPSA) is 84.7 Å². The predicted molar refractivity (Wildman–Crippen MR) is 86.3 cm³/mol. The van der Waals surface area contributed by atoms with E-state index < -0.39 is 0 Å². The summed E-state index contributed by atoms with van der Waals surface area (Å²) in [6.45, 7) is 1.15. The Morgan fingerprint density at radius 2 is 2.10 bits per heavy atom. The highest BCUT2D eigenvalue weighted by Crippen LogP contribution is 2.18. The summed E-state index contributed by atoms with van der Waals surface area (Å²) in [4.78, 5) is 25.2. The fraction of sp³-hybridized carbons (Fsp3) is 0.429. The minimum Gasteiger partial charge on any atom is -0.484 e. The lowest BCUT2D eigenvalue weighted by atomic mass is 9.96. The van der Waals surface area contributed by atoms with Crippen LogP contribution in [0.15, 0.2) is 24.3 Å². The molecule has 2 amide bonds. The van der Waals surface area contributed by atoms with Gasteiger partial charge in [-0.2, -0.15) is 0 Å². The molecule has 0 aromatic heterocycles. The largest absolute Gasteiger partial charge is 0.484 e. The first-order valence-electron chi connectivity index (χ1n) is 6.76. The third kappa shape index (κ3) is 4.57. The van der Waals surface area contributed by atoms with E-state index in [-0.39, 0.29) is 24.3 Å². The lowest BCUT2D eigenvalue weighted by Crippen LogP contribution is -2.45. The molecular formula is C14H18IN3O3. The Morgan fingerprint density at radius 3 is 2.71 bits per heavy atom. The summed E-state index contributed by atoms with van der Waals surface area (Å²) < 4.78 is 6.56. The fourth-order valence-corrected chi connectivity index (χ4v) is 2.82. The normalized spacial score (nSPS) is 15.6. The lowest BCUT2D eigenvalue weighted by molar-refractivity contribution is -0.137. The highest BCUT2D eigenvalue weighted by Gasteiger charge is 2.26. The average Bonchev–Trinajstić information content (AvgIpc) is 2.52. The second kappa shape index (κ2) is 7.60. The molecule has 1 aromatic carbocycles. The zero-order valence-corrected chi connectivity index (χ0v) is 13.7. The van der Waals surface area contributed by atoms with Crippen LogP contribution in [0.25, 0.3) is 0 Å². The van der Waals surface area contributed by atoms with Gasteiger partial charge < -0.3 is 9.64 Å². The molecule has 1 aliphatic rings. The van der Waals surface area contributed by atoms with Crippen LogP contribution in [0.2, 0.25) is 0 Å². The van der Waals surface area contributed by atoms with E-state index in [1.54, 1.807) is 4.90 Å². The number of carbonyl (C=O) groups excluding carboxylic acids is 2. The Bertz CT molecular complexity index is 516. The summed E-state index contributed by atoms with van der Waals surface area (Å²) >= 11 is 2.19. The molecule has 1 fully saturated rings. The molecule has 21 heavy (non-hydrogen) atoms. The molecule has 6 nitrogen and oxygen atoms in total. The van der Waals surface area contributed by atoms with Crippen LogP contribution >= 0.6 is 22.6 Å². The number of likely N-dealkylation sites (tertiary alicyclic amines) is 1. The van der Waals surface area contributed by atoms with Crippen molar-refractivity contribution in [3.63, 3.8) is 0 Å². The number of benzene rings is 1. The molecule has 1 aliphatic heterocycles. The molecule has 0 aliphatic carbocycles. The highest BCUT2D eigenvalue weighted by molar-refractivity contribution is 14.1. The fourth-order valence-electron chi connectivity index (χ4n) is 2.30. The van der Waals surface area contributed by atoms with Crippen molar-refractivity contribution in [3.05, 3.63) is 27.8 Å². The van der Waals surface area contributed by atoms with E-state index in [1.165, 1.54) is 0 Å². The number of nitrogens with one attached hydrogen (secondary N) is 1. The number of nitrogens with zero attached hydrogens (tertiary/aromatic N) is 1. The molecule has 1 saturated heterocycles. The minimum absolute atomic E-state index is 0.0217. The Morgan fingerprint density at radius 1 is 1.38 bits per heavy atom. The molecule has 2 rings (SSSR count). The second-order valence-corrected chi connectivity index (χ2v) is 6.16. The van der Waals surface area contributed by atoms with Gasteiger partial charge in [0.15, 0.2) is 6.61 Å². The van der Waals surface area contributed by atoms with Crippen LogP contribution in [0.5, 0.6) is 5.75 Å². The first-order valence-corrected chi connectivity index (χ1v) is 7.84. The molecule has 0 radical (unpaired) electrons. The summed E-state index contributed by atoms with van der Waals surface area (Å²) in [7, 11) is 0. The van der Waals surface area contributed by atoms with E-state index in [0.717, 1.165) is 3.57 Å². The Kier molecular flexibility index (Phi) is 5.80. The molecule has 1 heterocycles. The molecule has 0 bridgehead atoms. The molecule has 1 aromatic rings. The lowest BCUT2D eigenvalue weighted by Gasteiger charge is -2.30. The second-order valence-electron chi connectivity index (χ2n) is 4.91. The monoisotopic (exact) mass is 403 g/mol. The third-order valence-corrected chi connectivity index (χ3v) is 4.19. The number of amides is 2. The van der Waals surface area contributed by atoms with Gasteiger partial charge >= 0.3 is 0 Å². The van der Waals surface area contributed by atoms with Gasteiger partial charge in [0.1, 0.15) is 5.75 Å². The Balaban J connectivity index is 1.78. The number of hydrazine groups is 1. The van der Waals surface area contributed by atoms with Crippen molar-refractivity contribution < 1.29 is 14.3 Å². The molecular weight excluding hydrogens is 385 g/mol. The molecule has 3 N–H and O–H groups in total. The standard InChI is InChI=1S/C14H18IN3O3/c15-11-2-1-3-12(8-11)21-9-13(19)18-6-4-10(5-7-18)14(20)17-16/h1-3,8,10H,4-7,9,16H2,(H,17,20). The highest BCUT2D eigenvalue weighted by atomic mass is 127. The number of piperidine rings is 1. The SMILES string of the molecule is NNC(=O)C1CCN(C(=O)COc2cccc(I)c2)CC1. The van der Waals surface area contributed by atoms with Gasteiger partial charge in [0, 0.05) is 22.6 Å². The number of hydrogen-bond donors (Lipinski definition) is 2. The maximum absolute atomic E-state index is 12.1. The Labute approximate surface area is 137 Å². The summed E-state index contributed by atoms with van der Waals surface area (Å²) in [5, 5.41) is 0. The number of rotatable bonds is 4. The maximum atomic E-state index is 12.1.